The zero-order valence-electron chi connectivity index (χ0n) is 12.2. The lowest BCUT2D eigenvalue weighted by Gasteiger charge is -2.17. The van der Waals surface area contributed by atoms with Gasteiger partial charge in [-0.3, -0.25) is 4.79 Å². The third kappa shape index (κ3) is 4.53. The second kappa shape index (κ2) is 7.18. The second-order valence-electron chi connectivity index (χ2n) is 4.94. The van der Waals surface area contributed by atoms with E-state index in [4.69, 9.17) is 4.74 Å². The third-order valence-corrected chi connectivity index (χ3v) is 3.57. The van der Waals surface area contributed by atoms with Crippen molar-refractivity contribution in [1.29, 1.82) is 0 Å². The van der Waals surface area contributed by atoms with Gasteiger partial charge in [0.2, 0.25) is 5.91 Å². The molecule has 0 aliphatic heterocycles. The van der Waals surface area contributed by atoms with Crippen LogP contribution >= 0.6 is 12.6 Å². The fourth-order valence-electron chi connectivity index (χ4n) is 2.06. The maximum Gasteiger partial charge on any atom is 0.227 e. The van der Waals surface area contributed by atoms with Crippen molar-refractivity contribution >= 4 is 18.5 Å². The fraction of sp³-hybridized carbons (Fsp3) is 0.235. The Bertz CT molecular complexity index is 610. The normalized spacial score (nSPS) is 10.2. The molecule has 0 bridgehead atoms. The Hall–Kier alpha value is -1.94. The average molecular weight is 301 g/mol. The summed E-state index contributed by atoms with van der Waals surface area (Å²) in [5.74, 6) is 0.891. The molecule has 0 saturated heterocycles. The SMILES string of the molecule is COc1cccc(CN(C)C(=O)Cc2ccc(S)cc2)c1. The molecule has 0 aliphatic carbocycles. The van der Waals surface area contributed by atoms with Crippen molar-refractivity contribution in [2.45, 2.75) is 17.9 Å². The molecule has 0 N–H and O–H groups in total. The number of hydrogen-bond acceptors (Lipinski definition) is 3. The third-order valence-electron chi connectivity index (χ3n) is 3.27. The van der Waals surface area contributed by atoms with Gasteiger partial charge < -0.3 is 9.64 Å². The smallest absolute Gasteiger partial charge is 0.227 e. The van der Waals surface area contributed by atoms with Crippen LogP contribution in [0.5, 0.6) is 5.75 Å². The Kier molecular flexibility index (Phi) is 5.28. The van der Waals surface area contributed by atoms with Crippen molar-refractivity contribution in [3.63, 3.8) is 0 Å². The Balaban J connectivity index is 1.97. The molecule has 3 nitrogen and oxygen atoms in total. The van der Waals surface area contributed by atoms with Gasteiger partial charge in [-0.2, -0.15) is 0 Å². The first-order valence-corrected chi connectivity index (χ1v) is 7.18. The minimum atomic E-state index is 0.0877. The van der Waals surface area contributed by atoms with Crippen LogP contribution in [-0.2, 0) is 17.8 Å². The van der Waals surface area contributed by atoms with Crippen LogP contribution in [0, 0.1) is 0 Å². The largest absolute Gasteiger partial charge is 0.497 e. The summed E-state index contributed by atoms with van der Waals surface area (Å²) in [5.41, 5.74) is 2.05. The van der Waals surface area contributed by atoms with Gasteiger partial charge in [-0.1, -0.05) is 24.3 Å². The van der Waals surface area contributed by atoms with Crippen molar-refractivity contribution in [3.8, 4) is 5.75 Å². The van der Waals surface area contributed by atoms with E-state index in [0.29, 0.717) is 13.0 Å². The van der Waals surface area contributed by atoms with Gasteiger partial charge in [-0.05, 0) is 35.4 Å². The molecule has 0 spiro atoms. The molecule has 4 heteroatoms. The molecule has 0 unspecified atom stereocenters. The lowest BCUT2D eigenvalue weighted by atomic mass is 10.1. The van der Waals surface area contributed by atoms with E-state index in [1.807, 2.05) is 55.6 Å². The van der Waals surface area contributed by atoms with Crippen LogP contribution in [0.25, 0.3) is 0 Å². The Labute approximate surface area is 131 Å². The molecule has 110 valence electrons. The minimum absolute atomic E-state index is 0.0877. The van der Waals surface area contributed by atoms with E-state index in [1.165, 1.54) is 0 Å². The van der Waals surface area contributed by atoms with Crippen molar-refractivity contribution in [1.82, 2.24) is 4.90 Å². The van der Waals surface area contributed by atoms with E-state index >= 15 is 0 Å². The van der Waals surface area contributed by atoms with Crippen LogP contribution in [0.2, 0.25) is 0 Å². The van der Waals surface area contributed by atoms with E-state index in [-0.39, 0.29) is 5.91 Å². The maximum absolute atomic E-state index is 12.2. The van der Waals surface area contributed by atoms with E-state index in [1.54, 1.807) is 12.0 Å². The molecule has 0 saturated carbocycles. The monoisotopic (exact) mass is 301 g/mol. The standard InChI is InChI=1S/C17H19NO2S/c1-18(12-14-4-3-5-15(10-14)20-2)17(19)11-13-6-8-16(21)9-7-13/h3-10,21H,11-12H2,1-2H3. The Morgan fingerprint density at radius 3 is 2.52 bits per heavy atom. The summed E-state index contributed by atoms with van der Waals surface area (Å²) in [7, 11) is 3.45. The molecular formula is C17H19NO2S. The molecule has 0 aliphatic rings. The number of thiol groups is 1. The van der Waals surface area contributed by atoms with Crippen LogP contribution in [0.4, 0.5) is 0 Å². The maximum atomic E-state index is 12.2. The lowest BCUT2D eigenvalue weighted by Crippen LogP contribution is -2.27. The van der Waals surface area contributed by atoms with E-state index in [0.717, 1.165) is 21.8 Å². The number of methoxy groups -OCH3 is 1. The number of ether oxygens (including phenoxy) is 1. The highest BCUT2D eigenvalue weighted by Crippen LogP contribution is 2.15. The summed E-state index contributed by atoms with van der Waals surface area (Å²) in [6, 6.07) is 15.4. The second-order valence-corrected chi connectivity index (χ2v) is 5.46. The van der Waals surface area contributed by atoms with Crippen molar-refractivity contribution < 1.29 is 9.53 Å². The van der Waals surface area contributed by atoms with Crippen LogP contribution < -0.4 is 4.74 Å². The summed E-state index contributed by atoms with van der Waals surface area (Å²) >= 11 is 4.24. The highest BCUT2D eigenvalue weighted by molar-refractivity contribution is 7.80. The number of likely N-dealkylation sites (N-methyl/N-ethyl adjacent to an activating group) is 1. The molecule has 0 fully saturated rings. The first-order chi connectivity index (χ1) is 10.1. The topological polar surface area (TPSA) is 29.5 Å². The molecule has 2 aromatic carbocycles. The van der Waals surface area contributed by atoms with Gasteiger partial charge >= 0.3 is 0 Å². The summed E-state index contributed by atoms with van der Waals surface area (Å²) in [6.07, 6.45) is 0.397. The molecule has 2 aromatic rings. The van der Waals surface area contributed by atoms with E-state index < -0.39 is 0 Å². The molecular weight excluding hydrogens is 282 g/mol. The van der Waals surface area contributed by atoms with Gasteiger partial charge in [-0.25, -0.2) is 0 Å². The first-order valence-electron chi connectivity index (χ1n) is 6.73. The number of carbonyl (C=O) groups excluding carboxylic acids is 1. The summed E-state index contributed by atoms with van der Waals surface area (Å²) in [5, 5.41) is 0. The van der Waals surface area contributed by atoms with Crippen LogP contribution in [0.3, 0.4) is 0 Å². The van der Waals surface area contributed by atoms with Gasteiger partial charge in [0, 0.05) is 18.5 Å². The van der Waals surface area contributed by atoms with Crippen molar-refractivity contribution in [2.75, 3.05) is 14.2 Å². The quantitative estimate of drug-likeness (QED) is 0.860. The van der Waals surface area contributed by atoms with Crippen LogP contribution in [-0.4, -0.2) is 25.0 Å². The van der Waals surface area contributed by atoms with Gasteiger partial charge in [0.25, 0.3) is 0 Å². The molecule has 2 rings (SSSR count). The summed E-state index contributed by atoms with van der Waals surface area (Å²) in [6.45, 7) is 0.570. The predicted molar refractivity (Wildman–Crippen MR) is 86.9 cm³/mol. The van der Waals surface area contributed by atoms with Gasteiger partial charge in [0.1, 0.15) is 5.75 Å². The van der Waals surface area contributed by atoms with Gasteiger partial charge in [0.05, 0.1) is 13.5 Å². The van der Waals surface area contributed by atoms with Gasteiger partial charge in [0.15, 0.2) is 0 Å². The Morgan fingerprint density at radius 1 is 1.14 bits per heavy atom. The predicted octanol–water partition coefficient (Wildman–Crippen LogP) is 3.19. The number of rotatable bonds is 5. The molecule has 0 radical (unpaired) electrons. The minimum Gasteiger partial charge on any atom is -0.497 e. The van der Waals surface area contributed by atoms with Crippen LogP contribution in [0.15, 0.2) is 53.4 Å². The lowest BCUT2D eigenvalue weighted by molar-refractivity contribution is -0.129. The Morgan fingerprint density at radius 2 is 1.86 bits per heavy atom. The first kappa shape index (κ1) is 15.4. The molecule has 0 atom stereocenters. The number of amides is 1. The van der Waals surface area contributed by atoms with Crippen molar-refractivity contribution in [3.05, 3.63) is 59.7 Å². The van der Waals surface area contributed by atoms with E-state index in [9.17, 15) is 4.79 Å². The van der Waals surface area contributed by atoms with Crippen LogP contribution in [0.1, 0.15) is 11.1 Å². The number of benzene rings is 2. The average Bonchev–Trinajstić information content (AvgIpc) is 2.49. The summed E-state index contributed by atoms with van der Waals surface area (Å²) < 4.78 is 5.19. The van der Waals surface area contributed by atoms with E-state index in [2.05, 4.69) is 12.6 Å². The number of carbonyl (C=O) groups is 1. The molecule has 1 amide bonds. The number of nitrogens with zero attached hydrogens (tertiary/aromatic N) is 1. The van der Waals surface area contributed by atoms with Gasteiger partial charge in [-0.15, -0.1) is 12.6 Å². The highest BCUT2D eigenvalue weighted by atomic mass is 32.1. The number of hydrogen-bond donors (Lipinski definition) is 1. The zero-order chi connectivity index (χ0) is 15.2. The molecule has 0 heterocycles. The summed E-state index contributed by atoms with van der Waals surface area (Å²) in [4.78, 5) is 14.9. The molecule has 21 heavy (non-hydrogen) atoms. The molecule has 0 aromatic heterocycles. The highest BCUT2D eigenvalue weighted by Gasteiger charge is 2.10. The zero-order valence-corrected chi connectivity index (χ0v) is 13.1. The van der Waals surface area contributed by atoms with Crippen molar-refractivity contribution in [2.24, 2.45) is 0 Å². The fourth-order valence-corrected chi connectivity index (χ4v) is 2.21.